The molecule has 6 nitrogen and oxygen atoms in total. The summed E-state index contributed by atoms with van der Waals surface area (Å²) in [7, 11) is 1.59. The third-order valence-electron chi connectivity index (χ3n) is 2.73. The number of rotatable bonds is 5. The van der Waals surface area contributed by atoms with Gasteiger partial charge in [-0.2, -0.15) is 5.26 Å². The molecule has 0 aliphatic heterocycles. The van der Waals surface area contributed by atoms with Crippen molar-refractivity contribution in [3.8, 4) is 17.6 Å². The highest BCUT2D eigenvalue weighted by Gasteiger charge is 2.15. The van der Waals surface area contributed by atoms with Gasteiger partial charge >= 0.3 is 0 Å². The van der Waals surface area contributed by atoms with E-state index in [-0.39, 0.29) is 11.3 Å². The Bertz CT molecular complexity index is 707. The van der Waals surface area contributed by atoms with Crippen LogP contribution in [0.15, 0.2) is 42.5 Å². The van der Waals surface area contributed by atoms with Crippen LogP contribution in [-0.2, 0) is 11.3 Å². The van der Waals surface area contributed by atoms with Gasteiger partial charge in [-0.1, -0.05) is 12.1 Å². The molecule has 0 fully saturated rings. The van der Waals surface area contributed by atoms with Crippen molar-refractivity contribution in [1.29, 1.82) is 5.26 Å². The highest BCUT2D eigenvalue weighted by atomic mass is 16.6. The van der Waals surface area contributed by atoms with Gasteiger partial charge in [0.25, 0.3) is 5.69 Å². The van der Waals surface area contributed by atoms with Crippen LogP contribution in [0.5, 0.6) is 11.5 Å². The lowest BCUT2D eigenvalue weighted by Crippen LogP contribution is -1.94. The number of nitrogens with zero attached hydrogens (tertiary/aromatic N) is 2. The predicted molar refractivity (Wildman–Crippen MR) is 75.0 cm³/mol. The summed E-state index contributed by atoms with van der Waals surface area (Å²) in [6.07, 6.45) is 0. The molecular formula is C15H12N2O4. The van der Waals surface area contributed by atoms with E-state index in [4.69, 9.17) is 14.7 Å². The molecule has 6 heteroatoms. The normalized spacial score (nSPS) is 9.90. The summed E-state index contributed by atoms with van der Waals surface area (Å²) in [6, 6.07) is 13.1. The van der Waals surface area contributed by atoms with Crippen LogP contribution >= 0.6 is 0 Å². The van der Waals surface area contributed by atoms with Gasteiger partial charge in [-0.25, -0.2) is 0 Å². The maximum absolute atomic E-state index is 10.9. The summed E-state index contributed by atoms with van der Waals surface area (Å²) < 4.78 is 10.6. The number of nitro groups is 1. The zero-order valence-corrected chi connectivity index (χ0v) is 11.3. The van der Waals surface area contributed by atoms with Gasteiger partial charge in [-0.15, -0.1) is 0 Å². The topological polar surface area (TPSA) is 85.4 Å². The Kier molecular flexibility index (Phi) is 4.49. The molecule has 0 saturated heterocycles. The molecule has 0 radical (unpaired) electrons. The van der Waals surface area contributed by atoms with E-state index >= 15 is 0 Å². The zero-order valence-electron chi connectivity index (χ0n) is 11.3. The van der Waals surface area contributed by atoms with Crippen molar-refractivity contribution in [3.63, 3.8) is 0 Å². The summed E-state index contributed by atoms with van der Waals surface area (Å²) in [4.78, 5) is 10.3. The van der Waals surface area contributed by atoms with Crippen LogP contribution in [0, 0.1) is 21.4 Å². The Morgan fingerprint density at radius 3 is 2.67 bits per heavy atom. The van der Waals surface area contributed by atoms with Gasteiger partial charge in [0.1, 0.15) is 23.1 Å². The van der Waals surface area contributed by atoms with Crippen LogP contribution in [0.1, 0.15) is 11.1 Å². The molecule has 0 aliphatic rings. The van der Waals surface area contributed by atoms with E-state index in [2.05, 4.69) is 0 Å². The minimum atomic E-state index is -0.604. The van der Waals surface area contributed by atoms with Crippen molar-refractivity contribution < 1.29 is 14.4 Å². The molecular weight excluding hydrogens is 272 g/mol. The molecule has 0 spiro atoms. The Labute approximate surface area is 121 Å². The molecule has 0 bridgehead atoms. The molecule has 0 aliphatic carbocycles. The molecule has 21 heavy (non-hydrogen) atoms. The van der Waals surface area contributed by atoms with E-state index in [1.54, 1.807) is 25.3 Å². The summed E-state index contributed by atoms with van der Waals surface area (Å²) >= 11 is 0. The van der Waals surface area contributed by atoms with Gasteiger partial charge in [-0.3, -0.25) is 10.1 Å². The van der Waals surface area contributed by atoms with Crippen molar-refractivity contribution in [2.75, 3.05) is 7.11 Å². The maximum atomic E-state index is 10.9. The summed E-state index contributed by atoms with van der Waals surface area (Å²) in [5, 5.41) is 19.7. The number of nitro benzene ring substituents is 1. The fraction of sp³-hybridized carbons (Fsp3) is 0.133. The second kappa shape index (κ2) is 6.50. The largest absolute Gasteiger partial charge is 0.457 e. The first-order chi connectivity index (χ1) is 10.1. The number of hydrogen-bond acceptors (Lipinski definition) is 5. The van der Waals surface area contributed by atoms with Gasteiger partial charge in [0.2, 0.25) is 0 Å². The lowest BCUT2D eigenvalue weighted by Gasteiger charge is -2.07. The third-order valence-corrected chi connectivity index (χ3v) is 2.73. The second-order valence-electron chi connectivity index (χ2n) is 4.23. The first-order valence-corrected chi connectivity index (χ1v) is 6.08. The minimum absolute atomic E-state index is 0.000448. The Balaban J connectivity index is 2.28. The van der Waals surface area contributed by atoms with Gasteiger partial charge in [-0.05, 0) is 29.8 Å². The van der Waals surface area contributed by atoms with E-state index < -0.39 is 4.92 Å². The molecule has 0 amide bonds. The fourth-order valence-corrected chi connectivity index (χ4v) is 1.82. The molecule has 2 rings (SSSR count). The molecule has 0 saturated carbocycles. The third kappa shape index (κ3) is 3.55. The lowest BCUT2D eigenvalue weighted by molar-refractivity contribution is -0.385. The quantitative estimate of drug-likeness (QED) is 0.620. The first-order valence-electron chi connectivity index (χ1n) is 6.08. The summed E-state index contributed by atoms with van der Waals surface area (Å²) in [5.41, 5.74) is 0.654. The number of methoxy groups -OCH3 is 1. The standard InChI is InChI=1S/C15H12N2O4/c1-20-10-11-3-2-4-13(7-11)21-14-6-5-12(9-16)15(8-14)17(18)19/h2-8H,10H2,1H3. The van der Waals surface area contributed by atoms with Crippen LogP contribution in [0.25, 0.3) is 0 Å². The summed E-state index contributed by atoms with van der Waals surface area (Å²) in [6.45, 7) is 0.449. The zero-order chi connectivity index (χ0) is 15.2. The predicted octanol–water partition coefficient (Wildman–Crippen LogP) is 3.41. The average molecular weight is 284 g/mol. The Hall–Kier alpha value is -2.91. The van der Waals surface area contributed by atoms with E-state index in [9.17, 15) is 10.1 Å². The monoisotopic (exact) mass is 284 g/mol. The fourth-order valence-electron chi connectivity index (χ4n) is 1.82. The van der Waals surface area contributed by atoms with Gasteiger partial charge in [0.15, 0.2) is 0 Å². The maximum Gasteiger partial charge on any atom is 0.290 e. The van der Waals surface area contributed by atoms with Gasteiger partial charge in [0, 0.05) is 7.11 Å². The van der Waals surface area contributed by atoms with Gasteiger partial charge in [0.05, 0.1) is 17.6 Å². The number of benzene rings is 2. The first kappa shape index (κ1) is 14.5. The highest BCUT2D eigenvalue weighted by Crippen LogP contribution is 2.28. The SMILES string of the molecule is COCc1cccc(Oc2ccc(C#N)c([N+](=O)[O-])c2)c1. The number of ether oxygens (including phenoxy) is 2. The van der Waals surface area contributed by atoms with Crippen LogP contribution in [-0.4, -0.2) is 12.0 Å². The van der Waals surface area contributed by atoms with Crippen LogP contribution in [0.4, 0.5) is 5.69 Å². The molecule has 106 valence electrons. The Morgan fingerprint density at radius 1 is 1.24 bits per heavy atom. The van der Waals surface area contributed by atoms with Crippen molar-refractivity contribution in [3.05, 3.63) is 63.7 Å². The van der Waals surface area contributed by atoms with Gasteiger partial charge < -0.3 is 9.47 Å². The molecule has 0 unspecified atom stereocenters. The summed E-state index contributed by atoms with van der Waals surface area (Å²) in [5.74, 6) is 0.846. The Morgan fingerprint density at radius 2 is 2.00 bits per heavy atom. The van der Waals surface area contributed by atoms with Crippen LogP contribution < -0.4 is 4.74 Å². The van der Waals surface area contributed by atoms with Crippen molar-refractivity contribution in [2.45, 2.75) is 6.61 Å². The number of hydrogen-bond donors (Lipinski definition) is 0. The van der Waals surface area contributed by atoms with E-state index in [0.717, 1.165) is 5.56 Å². The highest BCUT2D eigenvalue weighted by molar-refractivity contribution is 5.53. The lowest BCUT2D eigenvalue weighted by atomic mass is 10.2. The molecule has 0 heterocycles. The van der Waals surface area contributed by atoms with Crippen LogP contribution in [0.2, 0.25) is 0 Å². The van der Waals surface area contributed by atoms with Crippen molar-refractivity contribution >= 4 is 5.69 Å². The van der Waals surface area contributed by atoms with E-state index in [1.165, 1.54) is 18.2 Å². The van der Waals surface area contributed by atoms with Crippen LogP contribution in [0.3, 0.4) is 0 Å². The van der Waals surface area contributed by atoms with Crippen molar-refractivity contribution in [2.24, 2.45) is 0 Å². The molecule has 0 aromatic heterocycles. The van der Waals surface area contributed by atoms with E-state index in [0.29, 0.717) is 18.1 Å². The molecule has 0 N–H and O–H groups in total. The van der Waals surface area contributed by atoms with Crippen molar-refractivity contribution in [1.82, 2.24) is 0 Å². The minimum Gasteiger partial charge on any atom is -0.457 e. The number of nitriles is 1. The molecule has 2 aromatic rings. The molecule has 0 atom stereocenters. The second-order valence-corrected chi connectivity index (χ2v) is 4.23. The average Bonchev–Trinajstić information content (AvgIpc) is 2.48. The molecule has 2 aromatic carbocycles. The van der Waals surface area contributed by atoms with E-state index in [1.807, 2.05) is 12.1 Å². The smallest absolute Gasteiger partial charge is 0.290 e.